The Morgan fingerprint density at radius 3 is 2.83 bits per heavy atom. The fraction of sp³-hybridized carbons (Fsp3) is 0.800. The molecule has 0 saturated heterocycles. The van der Waals surface area contributed by atoms with E-state index >= 15 is 0 Å². The van der Waals surface area contributed by atoms with Crippen molar-refractivity contribution in [1.82, 2.24) is 14.9 Å². The quantitative estimate of drug-likeness (QED) is 0.886. The molecule has 0 amide bonds. The first-order chi connectivity index (χ1) is 8.93. The van der Waals surface area contributed by atoms with Crippen LogP contribution in [-0.2, 0) is 19.4 Å². The van der Waals surface area contributed by atoms with Crippen molar-refractivity contribution >= 4 is 0 Å². The van der Waals surface area contributed by atoms with Gasteiger partial charge < -0.3 is 9.88 Å². The van der Waals surface area contributed by atoms with Gasteiger partial charge in [0.25, 0.3) is 0 Å². The number of fused-ring (bicyclic) bond motifs is 1. The topological polar surface area (TPSA) is 29.9 Å². The van der Waals surface area contributed by atoms with Gasteiger partial charge in [0.1, 0.15) is 0 Å². The van der Waals surface area contributed by atoms with Crippen molar-refractivity contribution in [2.75, 3.05) is 6.54 Å². The van der Waals surface area contributed by atoms with E-state index in [4.69, 9.17) is 0 Å². The van der Waals surface area contributed by atoms with E-state index in [1.165, 1.54) is 69.2 Å². The summed E-state index contributed by atoms with van der Waals surface area (Å²) >= 11 is 0. The standard InChI is InChI=1S/C15H25N3/c1-2-6-13(7-3-1)16-10-11-18-12-17-14-8-4-5-9-15(14)18/h12-13,16H,1-11H2. The molecule has 0 unspecified atom stereocenters. The molecule has 3 heteroatoms. The summed E-state index contributed by atoms with van der Waals surface area (Å²) in [6, 6.07) is 0.776. The van der Waals surface area contributed by atoms with E-state index in [2.05, 4.69) is 21.2 Å². The predicted octanol–water partition coefficient (Wildman–Crippen LogP) is 2.68. The van der Waals surface area contributed by atoms with Gasteiger partial charge in [0.15, 0.2) is 0 Å². The fourth-order valence-electron chi connectivity index (χ4n) is 3.42. The minimum absolute atomic E-state index is 0.776. The highest BCUT2D eigenvalue weighted by atomic mass is 15.1. The molecule has 3 rings (SSSR count). The van der Waals surface area contributed by atoms with E-state index < -0.39 is 0 Å². The molecule has 3 nitrogen and oxygen atoms in total. The highest BCUT2D eigenvalue weighted by Crippen LogP contribution is 2.20. The Balaban J connectivity index is 1.49. The molecule has 1 fully saturated rings. The third-order valence-corrected chi connectivity index (χ3v) is 4.50. The fourth-order valence-corrected chi connectivity index (χ4v) is 3.42. The number of nitrogens with zero attached hydrogens (tertiary/aromatic N) is 2. The van der Waals surface area contributed by atoms with E-state index in [-0.39, 0.29) is 0 Å². The summed E-state index contributed by atoms with van der Waals surface area (Å²) < 4.78 is 2.38. The van der Waals surface area contributed by atoms with Crippen molar-refractivity contribution in [3.8, 4) is 0 Å². The van der Waals surface area contributed by atoms with E-state index in [1.807, 2.05) is 0 Å². The molecule has 1 aromatic heterocycles. The van der Waals surface area contributed by atoms with Crippen LogP contribution in [0, 0.1) is 0 Å². The Morgan fingerprint density at radius 2 is 1.94 bits per heavy atom. The lowest BCUT2D eigenvalue weighted by Crippen LogP contribution is -2.33. The first-order valence-corrected chi connectivity index (χ1v) is 7.70. The second-order valence-electron chi connectivity index (χ2n) is 5.83. The van der Waals surface area contributed by atoms with Gasteiger partial charge in [0.2, 0.25) is 0 Å². The maximum atomic E-state index is 4.56. The second-order valence-corrected chi connectivity index (χ2v) is 5.83. The summed E-state index contributed by atoms with van der Waals surface area (Å²) in [7, 11) is 0. The highest BCUT2D eigenvalue weighted by molar-refractivity contribution is 5.16. The van der Waals surface area contributed by atoms with Crippen LogP contribution < -0.4 is 5.32 Å². The number of imidazole rings is 1. The molecule has 2 aliphatic rings. The first-order valence-electron chi connectivity index (χ1n) is 7.70. The highest BCUT2D eigenvalue weighted by Gasteiger charge is 2.15. The molecule has 1 aromatic rings. The van der Waals surface area contributed by atoms with Crippen LogP contribution in [0.5, 0.6) is 0 Å². The molecule has 0 radical (unpaired) electrons. The predicted molar refractivity (Wildman–Crippen MR) is 73.7 cm³/mol. The summed E-state index contributed by atoms with van der Waals surface area (Å²) in [5, 5.41) is 3.72. The summed E-state index contributed by atoms with van der Waals surface area (Å²) in [5.41, 5.74) is 2.87. The molecule has 1 N–H and O–H groups in total. The third kappa shape index (κ3) is 2.77. The van der Waals surface area contributed by atoms with E-state index in [1.54, 1.807) is 0 Å². The van der Waals surface area contributed by atoms with E-state index in [0.717, 1.165) is 19.1 Å². The SMILES string of the molecule is c1nc2c(n1CCNC1CCCCC1)CCCC2. The Bertz CT molecular complexity index is 377. The molecule has 0 atom stereocenters. The zero-order valence-electron chi connectivity index (χ0n) is 11.3. The lowest BCUT2D eigenvalue weighted by Gasteiger charge is -2.23. The number of rotatable bonds is 4. The number of hydrogen-bond acceptors (Lipinski definition) is 2. The van der Waals surface area contributed by atoms with Crippen LogP contribution in [0.3, 0.4) is 0 Å². The van der Waals surface area contributed by atoms with Gasteiger partial charge in [-0.2, -0.15) is 0 Å². The summed E-state index contributed by atoms with van der Waals surface area (Å²) in [6.45, 7) is 2.20. The molecule has 18 heavy (non-hydrogen) atoms. The van der Waals surface area contributed by atoms with Crippen molar-refractivity contribution in [2.24, 2.45) is 0 Å². The van der Waals surface area contributed by atoms with E-state index in [0.29, 0.717) is 0 Å². The second kappa shape index (κ2) is 5.87. The van der Waals surface area contributed by atoms with Crippen molar-refractivity contribution in [2.45, 2.75) is 70.4 Å². The largest absolute Gasteiger partial charge is 0.333 e. The van der Waals surface area contributed by atoms with Crippen LogP contribution >= 0.6 is 0 Å². The Morgan fingerprint density at radius 1 is 1.11 bits per heavy atom. The average molecular weight is 247 g/mol. The molecule has 2 aliphatic carbocycles. The van der Waals surface area contributed by atoms with Crippen LogP contribution in [0.2, 0.25) is 0 Å². The van der Waals surface area contributed by atoms with Gasteiger partial charge in [-0.15, -0.1) is 0 Å². The molecule has 0 bridgehead atoms. The molecule has 0 aliphatic heterocycles. The van der Waals surface area contributed by atoms with Crippen LogP contribution in [0.25, 0.3) is 0 Å². The van der Waals surface area contributed by atoms with Crippen LogP contribution in [0.1, 0.15) is 56.3 Å². The monoisotopic (exact) mass is 247 g/mol. The van der Waals surface area contributed by atoms with Crippen LogP contribution in [0.4, 0.5) is 0 Å². The van der Waals surface area contributed by atoms with Crippen molar-refractivity contribution in [1.29, 1.82) is 0 Å². The molecule has 0 aromatic carbocycles. The first kappa shape index (κ1) is 12.2. The molecule has 1 saturated carbocycles. The summed E-state index contributed by atoms with van der Waals surface area (Å²) in [6.07, 6.45) is 14.2. The Hall–Kier alpha value is -0.830. The maximum absolute atomic E-state index is 4.56. The molecular formula is C15H25N3. The normalized spacial score (nSPS) is 20.9. The Labute approximate surface area is 110 Å². The van der Waals surface area contributed by atoms with Crippen molar-refractivity contribution < 1.29 is 0 Å². The van der Waals surface area contributed by atoms with Gasteiger partial charge in [-0.05, 0) is 38.5 Å². The molecule has 1 heterocycles. The van der Waals surface area contributed by atoms with Gasteiger partial charge in [-0.3, -0.25) is 0 Å². The van der Waals surface area contributed by atoms with Crippen LogP contribution in [0.15, 0.2) is 6.33 Å². The van der Waals surface area contributed by atoms with Crippen molar-refractivity contribution in [3.63, 3.8) is 0 Å². The lowest BCUT2D eigenvalue weighted by atomic mass is 9.95. The number of nitrogens with one attached hydrogen (secondary N) is 1. The number of aryl methyl sites for hydroxylation is 1. The van der Waals surface area contributed by atoms with Gasteiger partial charge in [0, 0.05) is 24.8 Å². The van der Waals surface area contributed by atoms with Gasteiger partial charge in [-0.1, -0.05) is 19.3 Å². The zero-order chi connectivity index (χ0) is 12.2. The van der Waals surface area contributed by atoms with Crippen LogP contribution in [-0.4, -0.2) is 22.1 Å². The zero-order valence-corrected chi connectivity index (χ0v) is 11.3. The van der Waals surface area contributed by atoms with Crippen molar-refractivity contribution in [3.05, 3.63) is 17.7 Å². The molecule has 0 spiro atoms. The number of aromatic nitrogens is 2. The van der Waals surface area contributed by atoms with Gasteiger partial charge in [0.05, 0.1) is 12.0 Å². The number of hydrogen-bond donors (Lipinski definition) is 1. The average Bonchev–Trinajstić information content (AvgIpc) is 2.84. The van der Waals surface area contributed by atoms with Gasteiger partial charge >= 0.3 is 0 Å². The molecule has 100 valence electrons. The molecular weight excluding hydrogens is 222 g/mol. The summed E-state index contributed by atoms with van der Waals surface area (Å²) in [4.78, 5) is 4.56. The smallest absolute Gasteiger partial charge is 0.0952 e. The third-order valence-electron chi connectivity index (χ3n) is 4.50. The summed E-state index contributed by atoms with van der Waals surface area (Å²) in [5.74, 6) is 0. The minimum Gasteiger partial charge on any atom is -0.333 e. The van der Waals surface area contributed by atoms with E-state index in [9.17, 15) is 0 Å². The maximum Gasteiger partial charge on any atom is 0.0952 e. The van der Waals surface area contributed by atoms with Gasteiger partial charge in [-0.25, -0.2) is 4.98 Å². The lowest BCUT2D eigenvalue weighted by molar-refractivity contribution is 0.367. The Kier molecular flexibility index (Phi) is 3.99. The minimum atomic E-state index is 0.776.